The number of amides is 1. The number of carbonyl (C=O) groups excluding carboxylic acids is 1. The second-order valence-electron chi connectivity index (χ2n) is 11.1. The van der Waals surface area contributed by atoms with Crippen LogP contribution in [0.15, 0.2) is 36.4 Å². The first kappa shape index (κ1) is 28.2. The molecule has 1 saturated heterocycles. The normalized spacial score (nSPS) is 21.5. The van der Waals surface area contributed by atoms with Gasteiger partial charge in [0, 0.05) is 18.5 Å². The van der Waals surface area contributed by atoms with Gasteiger partial charge in [-0.15, -0.1) is 0 Å². The fraction of sp³-hybridized carbons (Fsp3) is 0.615. The van der Waals surface area contributed by atoms with Crippen LogP contribution in [0.2, 0.25) is 18.1 Å². The molecule has 1 aliphatic rings. The zero-order valence-corrected chi connectivity index (χ0v) is 22.4. The number of hydrogen-bond donors (Lipinski definition) is 2. The van der Waals surface area contributed by atoms with Crippen molar-refractivity contribution in [3.8, 4) is 0 Å². The third kappa shape index (κ3) is 7.23. The molecule has 2 rings (SSSR count). The Hall–Kier alpha value is -2.03. The van der Waals surface area contributed by atoms with Gasteiger partial charge in [-0.05, 0) is 54.2 Å². The second-order valence-corrected chi connectivity index (χ2v) is 15.9. The summed E-state index contributed by atoms with van der Waals surface area (Å²) < 4.78 is 19.7. The Morgan fingerprint density at radius 2 is 1.85 bits per heavy atom. The third-order valence-electron chi connectivity index (χ3n) is 7.08. The number of aliphatic hydroxyl groups is 1. The van der Waals surface area contributed by atoms with Crippen molar-refractivity contribution in [2.24, 2.45) is 11.8 Å². The number of aliphatic hydroxyl groups excluding tert-OH is 1. The van der Waals surface area contributed by atoms with Gasteiger partial charge in [0.25, 0.3) is 0 Å². The van der Waals surface area contributed by atoms with Gasteiger partial charge < -0.3 is 19.5 Å². The van der Waals surface area contributed by atoms with Crippen LogP contribution in [0, 0.1) is 17.7 Å². The van der Waals surface area contributed by atoms with E-state index in [1.54, 1.807) is 23.1 Å². The highest BCUT2D eigenvalue weighted by Crippen LogP contribution is 2.39. The number of hydrogen-bond acceptors (Lipinski definition) is 4. The smallest absolute Gasteiger partial charge is 0.305 e. The molecule has 1 fully saturated rings. The van der Waals surface area contributed by atoms with Crippen LogP contribution in [-0.2, 0) is 14.0 Å². The summed E-state index contributed by atoms with van der Waals surface area (Å²) in [6, 6.07) is 5.55. The van der Waals surface area contributed by atoms with Crippen LogP contribution in [0.3, 0.4) is 0 Å². The van der Waals surface area contributed by atoms with Crippen molar-refractivity contribution in [1.29, 1.82) is 0 Å². The lowest BCUT2D eigenvalue weighted by Gasteiger charge is -2.39. The molecule has 1 aliphatic heterocycles. The molecule has 0 saturated carbocycles. The minimum Gasteiger partial charge on any atom is -0.481 e. The van der Waals surface area contributed by atoms with Crippen LogP contribution in [0.5, 0.6) is 0 Å². The number of benzene rings is 1. The fourth-order valence-corrected chi connectivity index (χ4v) is 5.47. The molecule has 1 amide bonds. The maximum absolute atomic E-state index is 13.4. The quantitative estimate of drug-likeness (QED) is 0.338. The van der Waals surface area contributed by atoms with E-state index in [0.29, 0.717) is 12.1 Å². The van der Waals surface area contributed by atoms with E-state index < -0.39 is 26.5 Å². The standard InChI is InChI=1S/C26H40FNO5Si/c1-17(2)22-16-24(30)28(19-10-8-18(27)9-11-19)23(22)13-12-20(29)14-21(15-25(31)32)33-34(6,7)26(3,4)5/h8-13,17,20-23,29H,14-16H2,1-7H3,(H,31,32)/b13-12+/t20?,21-,22?,23?/m1/s1. The highest BCUT2D eigenvalue weighted by Gasteiger charge is 2.41. The molecular weight excluding hydrogens is 453 g/mol. The summed E-state index contributed by atoms with van der Waals surface area (Å²) in [4.78, 5) is 25.9. The van der Waals surface area contributed by atoms with Crippen molar-refractivity contribution in [3.63, 3.8) is 0 Å². The number of carboxylic acids is 1. The zero-order chi connectivity index (χ0) is 25.8. The Morgan fingerprint density at radius 3 is 2.35 bits per heavy atom. The molecule has 1 aromatic carbocycles. The summed E-state index contributed by atoms with van der Waals surface area (Å²) >= 11 is 0. The summed E-state index contributed by atoms with van der Waals surface area (Å²) in [5.74, 6) is -1.12. The molecule has 6 nitrogen and oxygen atoms in total. The minimum absolute atomic E-state index is 0.0410. The van der Waals surface area contributed by atoms with E-state index in [2.05, 4.69) is 47.7 Å². The number of carbonyl (C=O) groups is 2. The number of rotatable bonds is 10. The van der Waals surface area contributed by atoms with Crippen molar-refractivity contribution in [1.82, 2.24) is 0 Å². The van der Waals surface area contributed by atoms with Crippen LogP contribution in [0.4, 0.5) is 10.1 Å². The summed E-state index contributed by atoms with van der Waals surface area (Å²) in [7, 11) is -2.23. The molecule has 0 aromatic heterocycles. The number of halogens is 1. The van der Waals surface area contributed by atoms with Crippen molar-refractivity contribution < 1.29 is 28.6 Å². The molecule has 8 heteroatoms. The van der Waals surface area contributed by atoms with E-state index in [1.807, 2.05) is 6.08 Å². The lowest BCUT2D eigenvalue weighted by molar-refractivity contribution is -0.139. The van der Waals surface area contributed by atoms with Crippen molar-refractivity contribution >= 4 is 25.9 Å². The molecular formula is C26H40FNO5Si. The van der Waals surface area contributed by atoms with Gasteiger partial charge in [-0.1, -0.05) is 46.8 Å². The monoisotopic (exact) mass is 493 g/mol. The van der Waals surface area contributed by atoms with E-state index in [0.717, 1.165) is 0 Å². The van der Waals surface area contributed by atoms with Gasteiger partial charge in [0.1, 0.15) is 5.82 Å². The largest absolute Gasteiger partial charge is 0.481 e. The second kappa shape index (κ2) is 11.1. The predicted molar refractivity (Wildman–Crippen MR) is 135 cm³/mol. The number of anilines is 1. The number of carboxylic acid groups (broad SMARTS) is 1. The number of nitrogens with zero attached hydrogens (tertiary/aromatic N) is 1. The molecule has 0 bridgehead atoms. The van der Waals surface area contributed by atoms with Crippen molar-refractivity contribution in [2.75, 3.05) is 4.90 Å². The van der Waals surface area contributed by atoms with Crippen LogP contribution in [0.1, 0.15) is 53.9 Å². The van der Waals surface area contributed by atoms with Gasteiger partial charge in [0.2, 0.25) is 5.91 Å². The third-order valence-corrected chi connectivity index (χ3v) is 11.6. The molecule has 0 radical (unpaired) electrons. The maximum atomic E-state index is 13.4. The first-order valence-corrected chi connectivity index (χ1v) is 14.9. The van der Waals surface area contributed by atoms with Gasteiger partial charge in [-0.3, -0.25) is 9.59 Å². The van der Waals surface area contributed by atoms with E-state index in [4.69, 9.17) is 4.43 Å². The zero-order valence-electron chi connectivity index (χ0n) is 21.4. The Morgan fingerprint density at radius 1 is 1.26 bits per heavy atom. The average molecular weight is 494 g/mol. The molecule has 0 spiro atoms. The molecule has 0 aliphatic carbocycles. The Bertz CT molecular complexity index is 878. The van der Waals surface area contributed by atoms with Gasteiger partial charge in [0.05, 0.1) is 24.7 Å². The lowest BCUT2D eigenvalue weighted by Crippen LogP contribution is -2.45. The van der Waals surface area contributed by atoms with Crippen LogP contribution >= 0.6 is 0 Å². The van der Waals surface area contributed by atoms with E-state index in [-0.39, 0.29) is 47.5 Å². The summed E-state index contributed by atoms with van der Waals surface area (Å²) in [6.07, 6.45) is 2.27. The number of aliphatic carboxylic acids is 1. The van der Waals surface area contributed by atoms with Gasteiger partial charge in [0.15, 0.2) is 8.32 Å². The Balaban J connectivity index is 2.23. The van der Waals surface area contributed by atoms with Crippen LogP contribution in [-0.4, -0.2) is 48.7 Å². The summed E-state index contributed by atoms with van der Waals surface area (Å²) in [5, 5.41) is 20.1. The lowest BCUT2D eigenvalue weighted by atomic mass is 9.88. The average Bonchev–Trinajstić information content (AvgIpc) is 3.02. The molecule has 190 valence electrons. The summed E-state index contributed by atoms with van der Waals surface area (Å²) in [5.41, 5.74) is 0.615. The molecule has 1 aromatic rings. The minimum atomic E-state index is -2.23. The van der Waals surface area contributed by atoms with E-state index in [1.165, 1.54) is 12.1 Å². The molecule has 3 unspecified atom stereocenters. The maximum Gasteiger partial charge on any atom is 0.305 e. The van der Waals surface area contributed by atoms with Crippen molar-refractivity contribution in [2.45, 2.75) is 90.3 Å². The van der Waals surface area contributed by atoms with Gasteiger partial charge in [-0.2, -0.15) is 0 Å². The van der Waals surface area contributed by atoms with E-state index >= 15 is 0 Å². The highest BCUT2D eigenvalue weighted by molar-refractivity contribution is 6.74. The predicted octanol–water partition coefficient (Wildman–Crippen LogP) is 5.38. The topological polar surface area (TPSA) is 87.1 Å². The van der Waals surface area contributed by atoms with Gasteiger partial charge >= 0.3 is 5.97 Å². The Labute approximate surface area is 203 Å². The molecule has 2 N–H and O–H groups in total. The Kier molecular flexibility index (Phi) is 9.24. The van der Waals surface area contributed by atoms with Crippen LogP contribution < -0.4 is 4.90 Å². The SMILES string of the molecule is CC(C)C1CC(=O)N(c2ccc(F)cc2)C1/C=C/C(O)C[C@H](CC(=O)O)O[Si](C)(C)C(C)(C)C. The fourth-order valence-electron chi connectivity index (χ4n) is 4.11. The first-order valence-electron chi connectivity index (χ1n) is 12.0. The highest BCUT2D eigenvalue weighted by atomic mass is 28.4. The van der Waals surface area contributed by atoms with E-state index in [9.17, 15) is 24.2 Å². The molecule has 34 heavy (non-hydrogen) atoms. The van der Waals surface area contributed by atoms with Crippen LogP contribution in [0.25, 0.3) is 0 Å². The summed E-state index contributed by atoms with van der Waals surface area (Å²) in [6.45, 7) is 14.5. The molecule has 4 atom stereocenters. The van der Waals surface area contributed by atoms with Crippen molar-refractivity contribution in [3.05, 3.63) is 42.2 Å². The molecule has 1 heterocycles. The first-order chi connectivity index (χ1) is 15.6. The van der Waals surface area contributed by atoms with Gasteiger partial charge in [-0.25, -0.2) is 4.39 Å².